The van der Waals surface area contributed by atoms with Crippen molar-refractivity contribution in [1.29, 1.82) is 0 Å². The minimum Gasteiger partial charge on any atom is -0.484 e. The van der Waals surface area contributed by atoms with E-state index in [1.807, 2.05) is 0 Å². The zero-order chi connectivity index (χ0) is 17.5. The number of rotatable bonds is 5. The van der Waals surface area contributed by atoms with E-state index < -0.39 is 29.6 Å². The topological polar surface area (TPSA) is 105 Å². The first kappa shape index (κ1) is 18.1. The maximum absolute atomic E-state index is 12.1. The van der Waals surface area contributed by atoms with Crippen LogP contribution in [-0.4, -0.2) is 29.5 Å². The van der Waals surface area contributed by atoms with E-state index in [4.69, 9.17) is 21.4 Å². The number of aliphatic carboxylic acids is 1. The molecule has 1 saturated carbocycles. The highest BCUT2D eigenvalue weighted by atomic mass is 35.5. The van der Waals surface area contributed by atoms with Crippen LogP contribution in [0, 0.1) is 11.8 Å². The second-order valence-corrected chi connectivity index (χ2v) is 6.05. The van der Waals surface area contributed by atoms with E-state index in [9.17, 15) is 14.4 Å². The quantitative estimate of drug-likeness (QED) is 0.699. The standard InChI is InChI=1S/C16H19ClN2O5/c17-10-5-7-11(8-6-10)24-9-14(20)18-19-15(21)12-3-1-2-4-13(12)16(22)23/h5-8,12-13H,1-4,9H2,(H,18,20)(H,19,21)(H,22,23). The average Bonchev–Trinajstić information content (AvgIpc) is 2.59. The molecule has 2 amide bonds. The van der Waals surface area contributed by atoms with E-state index in [0.29, 0.717) is 23.6 Å². The zero-order valence-corrected chi connectivity index (χ0v) is 13.7. The lowest BCUT2D eigenvalue weighted by atomic mass is 9.79. The summed E-state index contributed by atoms with van der Waals surface area (Å²) in [5.41, 5.74) is 4.52. The summed E-state index contributed by atoms with van der Waals surface area (Å²) in [7, 11) is 0. The van der Waals surface area contributed by atoms with Crippen molar-refractivity contribution in [3.63, 3.8) is 0 Å². The summed E-state index contributed by atoms with van der Waals surface area (Å²) in [6, 6.07) is 6.50. The zero-order valence-electron chi connectivity index (χ0n) is 13.0. The van der Waals surface area contributed by atoms with Crippen LogP contribution in [0.2, 0.25) is 5.02 Å². The van der Waals surface area contributed by atoms with Gasteiger partial charge in [0.25, 0.3) is 5.91 Å². The number of halogens is 1. The van der Waals surface area contributed by atoms with Gasteiger partial charge >= 0.3 is 5.97 Å². The molecule has 0 spiro atoms. The number of carboxylic acid groups (broad SMARTS) is 1. The molecule has 0 saturated heterocycles. The number of carboxylic acids is 1. The fourth-order valence-corrected chi connectivity index (χ4v) is 2.81. The Bertz CT molecular complexity index is 605. The molecule has 1 aromatic rings. The van der Waals surface area contributed by atoms with Gasteiger partial charge in [-0.1, -0.05) is 24.4 Å². The maximum Gasteiger partial charge on any atom is 0.307 e. The highest BCUT2D eigenvalue weighted by Gasteiger charge is 2.35. The third-order valence-corrected chi connectivity index (χ3v) is 4.18. The molecule has 8 heteroatoms. The summed E-state index contributed by atoms with van der Waals surface area (Å²) in [6.45, 7) is -0.283. The molecule has 0 radical (unpaired) electrons. The third-order valence-electron chi connectivity index (χ3n) is 3.93. The molecular formula is C16H19ClN2O5. The number of hydrogen-bond donors (Lipinski definition) is 3. The summed E-state index contributed by atoms with van der Waals surface area (Å²) in [6.07, 6.45) is 2.57. The summed E-state index contributed by atoms with van der Waals surface area (Å²) in [5.74, 6) is -2.87. The molecule has 1 aromatic carbocycles. The first-order valence-corrected chi connectivity index (χ1v) is 8.05. The van der Waals surface area contributed by atoms with Gasteiger partial charge in [-0.3, -0.25) is 25.2 Å². The Morgan fingerprint density at radius 1 is 1.08 bits per heavy atom. The monoisotopic (exact) mass is 354 g/mol. The van der Waals surface area contributed by atoms with Crippen molar-refractivity contribution < 1.29 is 24.2 Å². The lowest BCUT2D eigenvalue weighted by molar-refractivity contribution is -0.149. The first-order valence-electron chi connectivity index (χ1n) is 7.67. The largest absolute Gasteiger partial charge is 0.484 e. The number of amides is 2. The normalized spacial score (nSPS) is 20.0. The van der Waals surface area contributed by atoms with Crippen molar-refractivity contribution >= 4 is 29.4 Å². The van der Waals surface area contributed by atoms with Crippen molar-refractivity contribution in [2.75, 3.05) is 6.61 Å². The Hall–Kier alpha value is -2.28. The number of hydrazine groups is 1. The molecule has 24 heavy (non-hydrogen) atoms. The van der Waals surface area contributed by atoms with Crippen molar-refractivity contribution in [2.45, 2.75) is 25.7 Å². The summed E-state index contributed by atoms with van der Waals surface area (Å²) in [4.78, 5) is 35.0. The van der Waals surface area contributed by atoms with Gasteiger partial charge in [0, 0.05) is 5.02 Å². The lowest BCUT2D eigenvalue weighted by Gasteiger charge is -2.27. The van der Waals surface area contributed by atoms with Crippen LogP contribution >= 0.6 is 11.6 Å². The average molecular weight is 355 g/mol. The molecule has 2 atom stereocenters. The van der Waals surface area contributed by atoms with Crippen LogP contribution in [0.1, 0.15) is 25.7 Å². The Labute approximate surface area is 144 Å². The van der Waals surface area contributed by atoms with E-state index in [1.54, 1.807) is 24.3 Å². The van der Waals surface area contributed by atoms with Gasteiger partial charge in [-0.15, -0.1) is 0 Å². The van der Waals surface area contributed by atoms with Crippen LogP contribution in [0.4, 0.5) is 0 Å². The molecular weight excluding hydrogens is 336 g/mol. The van der Waals surface area contributed by atoms with Gasteiger partial charge < -0.3 is 9.84 Å². The Morgan fingerprint density at radius 3 is 2.33 bits per heavy atom. The van der Waals surface area contributed by atoms with Crippen LogP contribution in [0.15, 0.2) is 24.3 Å². The molecule has 3 N–H and O–H groups in total. The van der Waals surface area contributed by atoms with Gasteiger partial charge in [0.1, 0.15) is 5.75 Å². The van der Waals surface area contributed by atoms with Crippen LogP contribution in [0.25, 0.3) is 0 Å². The number of ether oxygens (including phenoxy) is 1. The highest BCUT2D eigenvalue weighted by molar-refractivity contribution is 6.30. The predicted molar refractivity (Wildman–Crippen MR) is 86.3 cm³/mol. The van der Waals surface area contributed by atoms with Gasteiger partial charge in [-0.05, 0) is 37.1 Å². The van der Waals surface area contributed by atoms with E-state index in [1.165, 1.54) is 0 Å². The summed E-state index contributed by atoms with van der Waals surface area (Å²) < 4.78 is 5.24. The number of nitrogens with one attached hydrogen (secondary N) is 2. The van der Waals surface area contributed by atoms with Crippen LogP contribution in [0.5, 0.6) is 5.75 Å². The molecule has 1 aliphatic rings. The smallest absolute Gasteiger partial charge is 0.307 e. The molecule has 0 aliphatic heterocycles. The van der Waals surface area contributed by atoms with E-state index in [2.05, 4.69) is 10.9 Å². The molecule has 1 fully saturated rings. The number of carbonyl (C=O) groups excluding carboxylic acids is 2. The SMILES string of the molecule is O=C(COc1ccc(Cl)cc1)NNC(=O)C1CCCCC1C(=O)O. The van der Waals surface area contributed by atoms with Crippen molar-refractivity contribution in [3.05, 3.63) is 29.3 Å². The van der Waals surface area contributed by atoms with Crippen molar-refractivity contribution in [3.8, 4) is 5.75 Å². The summed E-state index contributed by atoms with van der Waals surface area (Å²) in [5, 5.41) is 9.72. The second kappa shape index (κ2) is 8.54. The molecule has 2 rings (SSSR count). The molecule has 1 aliphatic carbocycles. The molecule has 0 aromatic heterocycles. The molecule has 2 unspecified atom stereocenters. The molecule has 130 valence electrons. The first-order chi connectivity index (χ1) is 11.5. The van der Waals surface area contributed by atoms with Gasteiger partial charge in [0.2, 0.25) is 5.91 Å². The number of hydrogen-bond acceptors (Lipinski definition) is 4. The van der Waals surface area contributed by atoms with Crippen molar-refractivity contribution in [1.82, 2.24) is 10.9 Å². The van der Waals surface area contributed by atoms with Gasteiger partial charge in [-0.2, -0.15) is 0 Å². The van der Waals surface area contributed by atoms with Crippen molar-refractivity contribution in [2.24, 2.45) is 11.8 Å². The maximum atomic E-state index is 12.1. The van der Waals surface area contributed by atoms with E-state index in [0.717, 1.165) is 12.8 Å². The Morgan fingerprint density at radius 2 is 1.71 bits per heavy atom. The van der Waals surface area contributed by atoms with Crippen LogP contribution in [0.3, 0.4) is 0 Å². The lowest BCUT2D eigenvalue weighted by Crippen LogP contribution is -2.49. The minimum atomic E-state index is -0.979. The fourth-order valence-electron chi connectivity index (χ4n) is 2.68. The van der Waals surface area contributed by atoms with Gasteiger partial charge in [-0.25, -0.2) is 0 Å². The molecule has 0 heterocycles. The highest BCUT2D eigenvalue weighted by Crippen LogP contribution is 2.30. The Balaban J connectivity index is 1.77. The molecule has 7 nitrogen and oxygen atoms in total. The third kappa shape index (κ3) is 5.13. The van der Waals surface area contributed by atoms with Gasteiger partial charge in [0.05, 0.1) is 11.8 Å². The number of benzene rings is 1. The minimum absolute atomic E-state index is 0.283. The van der Waals surface area contributed by atoms with Crippen LogP contribution < -0.4 is 15.6 Å². The van der Waals surface area contributed by atoms with Gasteiger partial charge in [0.15, 0.2) is 6.61 Å². The molecule has 0 bridgehead atoms. The summed E-state index contributed by atoms with van der Waals surface area (Å²) >= 11 is 5.74. The van der Waals surface area contributed by atoms with E-state index >= 15 is 0 Å². The predicted octanol–water partition coefficient (Wildman–Crippen LogP) is 1.76. The van der Waals surface area contributed by atoms with Crippen LogP contribution in [-0.2, 0) is 14.4 Å². The van der Waals surface area contributed by atoms with E-state index in [-0.39, 0.29) is 6.61 Å². The second-order valence-electron chi connectivity index (χ2n) is 5.62. The Kier molecular flexibility index (Phi) is 6.43. The fraction of sp³-hybridized carbons (Fsp3) is 0.438. The number of carbonyl (C=O) groups is 3.